The van der Waals surface area contributed by atoms with Gasteiger partial charge in [0.2, 0.25) is 5.91 Å². The first-order chi connectivity index (χ1) is 11.2. The summed E-state index contributed by atoms with van der Waals surface area (Å²) >= 11 is 0. The van der Waals surface area contributed by atoms with Gasteiger partial charge in [-0.3, -0.25) is 4.79 Å². The van der Waals surface area contributed by atoms with Gasteiger partial charge in [0.1, 0.15) is 0 Å². The van der Waals surface area contributed by atoms with E-state index in [2.05, 4.69) is 26.1 Å². The zero-order valence-corrected chi connectivity index (χ0v) is 14.6. The predicted molar refractivity (Wildman–Crippen MR) is 96.4 cm³/mol. The van der Waals surface area contributed by atoms with Crippen LogP contribution in [-0.2, 0) is 16.6 Å². The molecule has 2 aromatic rings. The molecule has 24 heavy (non-hydrogen) atoms. The van der Waals surface area contributed by atoms with E-state index in [9.17, 15) is 15.0 Å². The smallest absolute Gasteiger partial charge is 0.227 e. The normalized spacial score (nSPS) is 12.7. The number of hydrogen-bond donors (Lipinski definition) is 3. The van der Waals surface area contributed by atoms with E-state index >= 15 is 0 Å². The summed E-state index contributed by atoms with van der Waals surface area (Å²) in [4.78, 5) is 12.3. The van der Waals surface area contributed by atoms with Crippen LogP contribution in [0.15, 0.2) is 42.5 Å². The maximum Gasteiger partial charge on any atom is 0.227 e. The molecule has 1 amide bonds. The molecule has 0 fully saturated rings. The maximum atomic E-state index is 12.3. The van der Waals surface area contributed by atoms with Gasteiger partial charge in [-0.2, -0.15) is 0 Å². The summed E-state index contributed by atoms with van der Waals surface area (Å²) in [6.07, 6.45) is 0.486. The fourth-order valence-electron chi connectivity index (χ4n) is 2.46. The van der Waals surface area contributed by atoms with Crippen LogP contribution in [0.3, 0.4) is 0 Å². The number of anilines is 1. The zero-order chi connectivity index (χ0) is 17.9. The number of aromatic hydroxyl groups is 2. The number of rotatable bonds is 4. The van der Waals surface area contributed by atoms with Crippen molar-refractivity contribution in [3.63, 3.8) is 0 Å². The van der Waals surface area contributed by atoms with Gasteiger partial charge in [-0.05, 0) is 47.2 Å². The lowest BCUT2D eigenvalue weighted by Crippen LogP contribution is -2.22. The molecular weight excluding hydrogens is 302 g/mol. The van der Waals surface area contributed by atoms with Crippen LogP contribution in [0.5, 0.6) is 11.5 Å². The topological polar surface area (TPSA) is 69.6 Å². The van der Waals surface area contributed by atoms with Gasteiger partial charge in [0.05, 0.1) is 0 Å². The second kappa shape index (κ2) is 6.95. The summed E-state index contributed by atoms with van der Waals surface area (Å²) in [5.74, 6) is -0.657. The zero-order valence-electron chi connectivity index (χ0n) is 14.6. The third kappa shape index (κ3) is 4.51. The minimum Gasteiger partial charge on any atom is -0.504 e. The van der Waals surface area contributed by atoms with E-state index in [4.69, 9.17) is 0 Å². The third-order valence-electron chi connectivity index (χ3n) is 4.05. The molecule has 2 aromatic carbocycles. The number of carbonyl (C=O) groups is 1. The Kier molecular flexibility index (Phi) is 5.17. The summed E-state index contributed by atoms with van der Waals surface area (Å²) in [7, 11) is 0. The molecule has 0 bridgehead atoms. The van der Waals surface area contributed by atoms with Gasteiger partial charge in [-0.1, -0.05) is 45.9 Å². The van der Waals surface area contributed by atoms with Crippen LogP contribution in [0.25, 0.3) is 0 Å². The summed E-state index contributed by atoms with van der Waals surface area (Å²) in [6, 6.07) is 12.5. The fraction of sp³-hybridized carbons (Fsp3) is 0.350. The average Bonchev–Trinajstić information content (AvgIpc) is 2.50. The Morgan fingerprint density at radius 3 is 2.21 bits per heavy atom. The first-order valence-electron chi connectivity index (χ1n) is 8.09. The Hall–Kier alpha value is -2.49. The molecule has 0 saturated carbocycles. The third-order valence-corrected chi connectivity index (χ3v) is 4.05. The molecule has 128 valence electrons. The molecule has 4 heteroatoms. The lowest BCUT2D eigenvalue weighted by atomic mass is 9.87. The van der Waals surface area contributed by atoms with E-state index in [0.717, 1.165) is 11.3 Å². The Balaban J connectivity index is 1.99. The molecule has 0 spiro atoms. The van der Waals surface area contributed by atoms with Crippen molar-refractivity contribution in [1.29, 1.82) is 0 Å². The van der Waals surface area contributed by atoms with E-state index in [1.807, 2.05) is 31.2 Å². The van der Waals surface area contributed by atoms with Gasteiger partial charge >= 0.3 is 0 Å². The van der Waals surface area contributed by atoms with E-state index < -0.39 is 0 Å². The van der Waals surface area contributed by atoms with Gasteiger partial charge in [0, 0.05) is 11.6 Å². The van der Waals surface area contributed by atoms with E-state index in [1.54, 1.807) is 6.07 Å². The van der Waals surface area contributed by atoms with Crippen LogP contribution < -0.4 is 5.32 Å². The van der Waals surface area contributed by atoms with Crippen molar-refractivity contribution in [3.8, 4) is 11.5 Å². The van der Waals surface area contributed by atoms with Gasteiger partial charge in [0.25, 0.3) is 0 Å². The highest BCUT2D eigenvalue weighted by molar-refractivity contribution is 5.92. The second-order valence-electron chi connectivity index (χ2n) is 7.24. The first-order valence-corrected chi connectivity index (χ1v) is 8.09. The van der Waals surface area contributed by atoms with Crippen molar-refractivity contribution in [2.45, 2.75) is 39.5 Å². The van der Waals surface area contributed by atoms with Crippen molar-refractivity contribution in [2.75, 3.05) is 5.32 Å². The Bertz CT molecular complexity index is 715. The predicted octanol–water partition coefficient (Wildman–Crippen LogP) is 4.21. The van der Waals surface area contributed by atoms with Crippen LogP contribution in [0.4, 0.5) is 5.69 Å². The number of nitrogens with one attached hydrogen (secondary N) is 1. The Labute approximate surface area is 143 Å². The molecule has 0 aliphatic heterocycles. The molecular formula is C20H25NO3. The van der Waals surface area contributed by atoms with Crippen molar-refractivity contribution < 1.29 is 15.0 Å². The Morgan fingerprint density at radius 1 is 1.04 bits per heavy atom. The number of hydrogen-bond acceptors (Lipinski definition) is 3. The summed E-state index contributed by atoms with van der Waals surface area (Å²) in [5, 5.41) is 21.8. The van der Waals surface area contributed by atoms with Gasteiger partial charge < -0.3 is 15.5 Å². The Morgan fingerprint density at radius 2 is 1.67 bits per heavy atom. The fourth-order valence-corrected chi connectivity index (χ4v) is 2.46. The lowest BCUT2D eigenvalue weighted by molar-refractivity contribution is -0.119. The molecule has 0 saturated heterocycles. The molecule has 3 N–H and O–H groups in total. The highest BCUT2D eigenvalue weighted by atomic mass is 16.3. The number of benzene rings is 2. The van der Waals surface area contributed by atoms with Crippen molar-refractivity contribution >= 4 is 11.6 Å². The van der Waals surface area contributed by atoms with Crippen LogP contribution in [0, 0.1) is 5.92 Å². The number of phenolic OH excluding ortho intramolecular Hbond substituents is 2. The van der Waals surface area contributed by atoms with Crippen molar-refractivity contribution in [2.24, 2.45) is 5.92 Å². The minimum atomic E-state index is -0.253. The molecule has 1 unspecified atom stereocenters. The van der Waals surface area contributed by atoms with Gasteiger partial charge in [0.15, 0.2) is 11.5 Å². The average molecular weight is 327 g/mol. The van der Waals surface area contributed by atoms with E-state index in [1.165, 1.54) is 17.7 Å². The molecule has 0 radical (unpaired) electrons. The molecule has 0 aliphatic rings. The molecule has 2 rings (SSSR count). The van der Waals surface area contributed by atoms with E-state index in [-0.39, 0.29) is 28.7 Å². The quantitative estimate of drug-likeness (QED) is 0.737. The standard InChI is InChI=1S/C20H25NO3/c1-13(11-14-5-10-17(22)18(23)12-14)19(24)21-16-8-6-15(7-9-16)20(2,3)4/h5-10,12-13,22-23H,11H2,1-4H3,(H,21,24). The van der Waals surface area contributed by atoms with Crippen molar-refractivity contribution in [1.82, 2.24) is 0 Å². The first kappa shape index (κ1) is 17.9. The molecule has 0 aromatic heterocycles. The summed E-state index contributed by atoms with van der Waals surface area (Å²) in [5.41, 5.74) is 2.87. The molecule has 0 heterocycles. The van der Waals surface area contributed by atoms with Crippen molar-refractivity contribution in [3.05, 3.63) is 53.6 Å². The van der Waals surface area contributed by atoms with Crippen LogP contribution >= 0.6 is 0 Å². The van der Waals surface area contributed by atoms with Crippen LogP contribution in [0.1, 0.15) is 38.8 Å². The second-order valence-corrected chi connectivity index (χ2v) is 7.24. The number of carbonyl (C=O) groups excluding carboxylic acids is 1. The number of amides is 1. The van der Waals surface area contributed by atoms with E-state index in [0.29, 0.717) is 6.42 Å². The van der Waals surface area contributed by atoms with Crippen LogP contribution in [0.2, 0.25) is 0 Å². The highest BCUT2D eigenvalue weighted by Gasteiger charge is 2.16. The van der Waals surface area contributed by atoms with Gasteiger partial charge in [-0.25, -0.2) is 0 Å². The monoisotopic (exact) mass is 327 g/mol. The summed E-state index contributed by atoms with van der Waals surface area (Å²) < 4.78 is 0. The lowest BCUT2D eigenvalue weighted by Gasteiger charge is -2.19. The maximum absolute atomic E-state index is 12.3. The SMILES string of the molecule is CC(Cc1ccc(O)c(O)c1)C(=O)Nc1ccc(C(C)(C)C)cc1. The largest absolute Gasteiger partial charge is 0.504 e. The highest BCUT2D eigenvalue weighted by Crippen LogP contribution is 2.27. The molecule has 4 nitrogen and oxygen atoms in total. The van der Waals surface area contributed by atoms with Gasteiger partial charge in [-0.15, -0.1) is 0 Å². The minimum absolute atomic E-state index is 0.0777. The number of phenols is 2. The molecule has 0 aliphatic carbocycles. The van der Waals surface area contributed by atoms with Crippen LogP contribution in [-0.4, -0.2) is 16.1 Å². The molecule has 1 atom stereocenters. The summed E-state index contributed by atoms with van der Waals surface area (Å²) in [6.45, 7) is 8.28.